The molecule has 1 aromatic heterocycles. The summed E-state index contributed by atoms with van der Waals surface area (Å²) >= 11 is 0. The molecule has 0 saturated heterocycles. The van der Waals surface area contributed by atoms with E-state index in [1.54, 1.807) is 25.3 Å². The second-order valence-electron chi connectivity index (χ2n) is 5.64. The fraction of sp³-hybridized carbons (Fsp3) is 0.278. The molecule has 0 atom stereocenters. The van der Waals surface area contributed by atoms with Crippen molar-refractivity contribution in [2.45, 2.75) is 19.6 Å². The van der Waals surface area contributed by atoms with Gasteiger partial charge in [-0.25, -0.2) is 9.38 Å². The van der Waals surface area contributed by atoms with Gasteiger partial charge in [-0.15, -0.1) is 0 Å². The molecule has 0 saturated carbocycles. The third-order valence-corrected chi connectivity index (χ3v) is 3.49. The molecule has 1 amide bonds. The summed E-state index contributed by atoms with van der Waals surface area (Å²) in [6.07, 6.45) is -1.65. The lowest BCUT2D eigenvalue weighted by atomic mass is 10.1. The van der Waals surface area contributed by atoms with Crippen molar-refractivity contribution >= 4 is 17.6 Å². The molecule has 150 valence electrons. The first-order valence-electron chi connectivity index (χ1n) is 8.37. The number of carbonyl (C=O) groups is 1. The second-order valence-corrected chi connectivity index (χ2v) is 5.64. The summed E-state index contributed by atoms with van der Waals surface area (Å²) in [5.74, 6) is -1.20. The highest BCUT2D eigenvalue weighted by molar-refractivity contribution is 5.94. The lowest BCUT2D eigenvalue weighted by Crippen LogP contribution is -2.41. The average molecular weight is 397 g/mol. The van der Waals surface area contributed by atoms with Gasteiger partial charge in [-0.1, -0.05) is 6.07 Å². The van der Waals surface area contributed by atoms with Crippen LogP contribution in [0.3, 0.4) is 0 Å². The van der Waals surface area contributed by atoms with Crippen LogP contribution < -0.4 is 16.0 Å². The Labute approximate surface area is 159 Å². The third kappa shape index (κ3) is 6.53. The first kappa shape index (κ1) is 21.1. The molecule has 2 aromatic rings. The zero-order valence-electron chi connectivity index (χ0n) is 15.0. The monoisotopic (exact) mass is 397 g/mol. The van der Waals surface area contributed by atoms with Crippen LogP contribution >= 0.6 is 0 Å². The number of hydrogen-bond donors (Lipinski definition) is 3. The van der Waals surface area contributed by atoms with E-state index in [9.17, 15) is 22.4 Å². The maximum Gasteiger partial charge on any atom is 0.416 e. The van der Waals surface area contributed by atoms with E-state index in [4.69, 9.17) is 0 Å². The summed E-state index contributed by atoms with van der Waals surface area (Å²) in [5.41, 5.74) is -0.746. The number of halogens is 4. The van der Waals surface area contributed by atoms with Gasteiger partial charge in [0.15, 0.2) is 5.96 Å². The molecule has 6 nitrogen and oxygen atoms in total. The standard InChI is InChI=1S/C18H19F4N5O/c1-2-24-17(26-11-16(28)27-14-4-3-7-23-10-14)25-9-12-5-6-13(19)8-15(12)18(20,21)22/h3-8,10H,2,9,11H2,1H3,(H,27,28)(H2,24,25,26). The Kier molecular flexibility index (Phi) is 7.30. The highest BCUT2D eigenvalue weighted by atomic mass is 19.4. The molecule has 0 unspecified atom stereocenters. The van der Waals surface area contributed by atoms with Crippen molar-refractivity contribution in [1.29, 1.82) is 0 Å². The van der Waals surface area contributed by atoms with E-state index in [1.807, 2.05) is 0 Å². The van der Waals surface area contributed by atoms with Crippen molar-refractivity contribution in [3.05, 3.63) is 59.7 Å². The minimum Gasteiger partial charge on any atom is -0.357 e. The van der Waals surface area contributed by atoms with E-state index in [-0.39, 0.29) is 30.5 Å². The van der Waals surface area contributed by atoms with Gasteiger partial charge in [-0.2, -0.15) is 13.2 Å². The summed E-state index contributed by atoms with van der Waals surface area (Å²) in [7, 11) is 0. The summed E-state index contributed by atoms with van der Waals surface area (Å²) in [6.45, 7) is 1.71. The highest BCUT2D eigenvalue weighted by Gasteiger charge is 2.33. The lowest BCUT2D eigenvalue weighted by Gasteiger charge is -2.14. The van der Waals surface area contributed by atoms with Gasteiger partial charge >= 0.3 is 6.18 Å². The number of benzene rings is 1. The molecule has 1 aromatic carbocycles. The zero-order valence-corrected chi connectivity index (χ0v) is 15.0. The fourth-order valence-electron chi connectivity index (χ4n) is 2.26. The van der Waals surface area contributed by atoms with Gasteiger partial charge in [0.2, 0.25) is 5.91 Å². The van der Waals surface area contributed by atoms with Crippen LogP contribution in [0.4, 0.5) is 23.2 Å². The third-order valence-electron chi connectivity index (χ3n) is 3.49. The number of aliphatic imine (C=N–C) groups is 1. The smallest absolute Gasteiger partial charge is 0.357 e. The summed E-state index contributed by atoms with van der Waals surface area (Å²) < 4.78 is 52.3. The van der Waals surface area contributed by atoms with E-state index in [2.05, 4.69) is 25.9 Å². The van der Waals surface area contributed by atoms with Crippen molar-refractivity contribution in [2.75, 3.05) is 18.4 Å². The topological polar surface area (TPSA) is 78.4 Å². The quantitative estimate of drug-likeness (QED) is 0.398. The molecule has 0 radical (unpaired) electrons. The number of anilines is 1. The van der Waals surface area contributed by atoms with Crippen LogP contribution in [0.25, 0.3) is 0 Å². The minimum atomic E-state index is -4.69. The predicted octanol–water partition coefficient (Wildman–Crippen LogP) is 2.93. The maximum absolute atomic E-state index is 13.2. The molecule has 0 aliphatic heterocycles. The van der Waals surface area contributed by atoms with Crippen LogP contribution in [-0.4, -0.2) is 29.9 Å². The van der Waals surface area contributed by atoms with Crippen molar-refractivity contribution in [3.63, 3.8) is 0 Å². The van der Waals surface area contributed by atoms with E-state index >= 15 is 0 Å². The normalized spacial score (nSPS) is 11.8. The summed E-state index contributed by atoms with van der Waals surface area (Å²) in [6, 6.07) is 5.75. The fourth-order valence-corrected chi connectivity index (χ4v) is 2.26. The van der Waals surface area contributed by atoms with Gasteiger partial charge in [-0.3, -0.25) is 9.78 Å². The number of hydrogen-bond acceptors (Lipinski definition) is 3. The number of nitrogens with zero attached hydrogens (tertiary/aromatic N) is 2. The van der Waals surface area contributed by atoms with Crippen LogP contribution in [0, 0.1) is 5.82 Å². The number of carbonyl (C=O) groups excluding carboxylic acids is 1. The number of aromatic nitrogens is 1. The SMILES string of the molecule is CCNC(=NCc1ccc(F)cc1C(F)(F)F)NCC(=O)Nc1cccnc1. The second kappa shape index (κ2) is 9.67. The van der Waals surface area contributed by atoms with Gasteiger partial charge in [0.25, 0.3) is 0 Å². The first-order valence-corrected chi connectivity index (χ1v) is 8.37. The largest absolute Gasteiger partial charge is 0.416 e. The van der Waals surface area contributed by atoms with Crippen LogP contribution in [0.1, 0.15) is 18.1 Å². The van der Waals surface area contributed by atoms with Crippen molar-refractivity contribution in [2.24, 2.45) is 4.99 Å². The molecule has 0 spiro atoms. The van der Waals surface area contributed by atoms with Crippen LogP contribution in [0.2, 0.25) is 0 Å². The maximum atomic E-state index is 13.2. The number of rotatable bonds is 6. The van der Waals surface area contributed by atoms with E-state index in [0.29, 0.717) is 18.3 Å². The summed E-state index contributed by atoms with van der Waals surface area (Å²) in [4.78, 5) is 19.9. The van der Waals surface area contributed by atoms with E-state index in [0.717, 1.165) is 12.1 Å². The Hall–Kier alpha value is -3.17. The molecular formula is C18H19F4N5O. The van der Waals surface area contributed by atoms with Crippen LogP contribution in [0.5, 0.6) is 0 Å². The molecular weight excluding hydrogens is 378 g/mol. The Morgan fingerprint density at radius 3 is 2.64 bits per heavy atom. The van der Waals surface area contributed by atoms with Gasteiger partial charge < -0.3 is 16.0 Å². The average Bonchev–Trinajstić information content (AvgIpc) is 2.65. The molecule has 0 aliphatic rings. The minimum absolute atomic E-state index is 0.154. The van der Waals surface area contributed by atoms with E-state index < -0.39 is 17.6 Å². The summed E-state index contributed by atoms with van der Waals surface area (Å²) in [5, 5.41) is 8.18. The lowest BCUT2D eigenvalue weighted by molar-refractivity contribution is -0.138. The molecule has 3 N–H and O–H groups in total. The Balaban J connectivity index is 2.03. The number of nitrogens with one attached hydrogen (secondary N) is 3. The molecule has 1 heterocycles. The van der Waals surface area contributed by atoms with Gasteiger partial charge in [-0.05, 0) is 36.8 Å². The van der Waals surface area contributed by atoms with E-state index in [1.165, 1.54) is 6.20 Å². The van der Waals surface area contributed by atoms with Crippen molar-refractivity contribution in [1.82, 2.24) is 15.6 Å². The molecule has 28 heavy (non-hydrogen) atoms. The Bertz CT molecular complexity index is 824. The molecule has 0 fully saturated rings. The predicted molar refractivity (Wildman–Crippen MR) is 97.1 cm³/mol. The number of guanidine groups is 1. The van der Waals surface area contributed by atoms with Gasteiger partial charge in [0.1, 0.15) is 5.82 Å². The number of amides is 1. The Morgan fingerprint density at radius 2 is 2.00 bits per heavy atom. The Morgan fingerprint density at radius 1 is 1.21 bits per heavy atom. The van der Waals surface area contributed by atoms with Crippen LogP contribution in [0.15, 0.2) is 47.7 Å². The van der Waals surface area contributed by atoms with Gasteiger partial charge in [0, 0.05) is 12.7 Å². The molecule has 0 bridgehead atoms. The number of pyridine rings is 1. The molecule has 0 aliphatic carbocycles. The highest BCUT2D eigenvalue weighted by Crippen LogP contribution is 2.32. The van der Waals surface area contributed by atoms with Crippen LogP contribution in [-0.2, 0) is 17.5 Å². The van der Waals surface area contributed by atoms with Gasteiger partial charge in [0.05, 0.1) is 30.5 Å². The first-order chi connectivity index (χ1) is 13.3. The molecule has 2 rings (SSSR count). The van der Waals surface area contributed by atoms with Crippen molar-refractivity contribution in [3.8, 4) is 0 Å². The van der Waals surface area contributed by atoms with Crippen molar-refractivity contribution < 1.29 is 22.4 Å². The zero-order chi connectivity index (χ0) is 20.6. The molecule has 10 heteroatoms. The number of alkyl halides is 3.